The van der Waals surface area contributed by atoms with Crippen LogP contribution in [0.25, 0.3) is 10.9 Å². The standard InChI is InChI=1S/C26H29N5O3/c32-25(27-14-12-19-7-2-1-3-8-19)24(17-20-18-28-23-11-5-4-10-22(20)23)30-26(33)31-29-15-13-21-9-6-16-34-21/h1-11,16,18,24,28-29H,12-15,17H2,(H,27,32)(H2,30,31,33)/t24-/m1/s1. The third-order valence-electron chi connectivity index (χ3n) is 5.55. The number of aromatic nitrogens is 1. The molecule has 176 valence electrons. The van der Waals surface area contributed by atoms with Gasteiger partial charge in [0.05, 0.1) is 6.26 Å². The van der Waals surface area contributed by atoms with Gasteiger partial charge in [-0.2, -0.15) is 0 Å². The largest absolute Gasteiger partial charge is 0.469 e. The molecule has 2 heterocycles. The molecule has 0 aliphatic carbocycles. The number of urea groups is 1. The van der Waals surface area contributed by atoms with E-state index in [2.05, 4.69) is 26.5 Å². The molecule has 1 atom stereocenters. The summed E-state index contributed by atoms with van der Waals surface area (Å²) in [5, 5.41) is 6.79. The average Bonchev–Trinajstić information content (AvgIpc) is 3.52. The van der Waals surface area contributed by atoms with E-state index >= 15 is 0 Å². The maximum atomic E-state index is 13.0. The quantitative estimate of drug-likeness (QED) is 0.175. The molecule has 8 heteroatoms. The second kappa shape index (κ2) is 11.7. The van der Waals surface area contributed by atoms with Crippen LogP contribution in [0, 0.1) is 0 Å². The lowest BCUT2D eigenvalue weighted by molar-refractivity contribution is -0.122. The normalized spacial score (nSPS) is 11.8. The van der Waals surface area contributed by atoms with Crippen molar-refractivity contribution in [2.75, 3.05) is 13.1 Å². The van der Waals surface area contributed by atoms with Crippen LogP contribution >= 0.6 is 0 Å². The fraction of sp³-hybridized carbons (Fsp3) is 0.231. The molecule has 0 aliphatic rings. The maximum absolute atomic E-state index is 13.0. The summed E-state index contributed by atoms with van der Waals surface area (Å²) in [6.45, 7) is 0.981. The van der Waals surface area contributed by atoms with Crippen LogP contribution in [0.2, 0.25) is 0 Å². The van der Waals surface area contributed by atoms with Gasteiger partial charge in [-0.1, -0.05) is 48.5 Å². The minimum absolute atomic E-state index is 0.230. The van der Waals surface area contributed by atoms with E-state index in [1.165, 1.54) is 0 Å². The number of H-pyrrole nitrogens is 1. The second-order valence-electron chi connectivity index (χ2n) is 8.00. The fourth-order valence-electron chi connectivity index (χ4n) is 3.81. The first-order valence-corrected chi connectivity index (χ1v) is 11.4. The van der Waals surface area contributed by atoms with Gasteiger partial charge in [-0.15, -0.1) is 0 Å². The topological polar surface area (TPSA) is 111 Å². The zero-order valence-corrected chi connectivity index (χ0v) is 18.8. The van der Waals surface area contributed by atoms with Crippen LogP contribution in [0.3, 0.4) is 0 Å². The van der Waals surface area contributed by atoms with Gasteiger partial charge in [0.2, 0.25) is 5.91 Å². The Morgan fingerprint density at radius 2 is 1.74 bits per heavy atom. The summed E-state index contributed by atoms with van der Waals surface area (Å²) in [7, 11) is 0. The van der Waals surface area contributed by atoms with Crippen molar-refractivity contribution in [1.29, 1.82) is 0 Å². The predicted octanol–water partition coefficient (Wildman–Crippen LogP) is 3.08. The van der Waals surface area contributed by atoms with E-state index in [1.807, 2.05) is 72.9 Å². The van der Waals surface area contributed by atoms with Crippen LogP contribution in [0.1, 0.15) is 16.9 Å². The number of furan rings is 1. The molecule has 0 fully saturated rings. The summed E-state index contributed by atoms with van der Waals surface area (Å²) < 4.78 is 5.28. The van der Waals surface area contributed by atoms with E-state index in [-0.39, 0.29) is 5.91 Å². The van der Waals surface area contributed by atoms with Crippen LogP contribution in [0.5, 0.6) is 0 Å². The van der Waals surface area contributed by atoms with Crippen molar-refractivity contribution in [2.45, 2.75) is 25.3 Å². The van der Waals surface area contributed by atoms with E-state index in [1.54, 1.807) is 6.26 Å². The molecule has 2 aromatic heterocycles. The van der Waals surface area contributed by atoms with Gasteiger partial charge >= 0.3 is 6.03 Å². The predicted molar refractivity (Wildman–Crippen MR) is 131 cm³/mol. The number of hydrogen-bond acceptors (Lipinski definition) is 4. The summed E-state index contributed by atoms with van der Waals surface area (Å²) >= 11 is 0. The highest BCUT2D eigenvalue weighted by molar-refractivity contribution is 5.89. The molecule has 5 N–H and O–H groups in total. The third kappa shape index (κ3) is 6.49. The van der Waals surface area contributed by atoms with E-state index in [4.69, 9.17) is 4.42 Å². The van der Waals surface area contributed by atoms with E-state index in [9.17, 15) is 9.59 Å². The Morgan fingerprint density at radius 1 is 0.912 bits per heavy atom. The number of fused-ring (bicyclic) bond motifs is 1. The number of para-hydroxylation sites is 1. The average molecular weight is 460 g/mol. The van der Waals surface area contributed by atoms with Gasteiger partial charge in [-0.3, -0.25) is 10.2 Å². The smallest absolute Gasteiger partial charge is 0.329 e. The third-order valence-corrected chi connectivity index (χ3v) is 5.55. The van der Waals surface area contributed by atoms with Crippen molar-refractivity contribution in [2.24, 2.45) is 0 Å². The Kier molecular flexibility index (Phi) is 7.97. The summed E-state index contributed by atoms with van der Waals surface area (Å²) in [6, 6.07) is 20.3. The molecule has 0 aliphatic heterocycles. The van der Waals surface area contributed by atoms with Crippen LogP contribution in [0.15, 0.2) is 83.6 Å². The van der Waals surface area contributed by atoms with Crippen LogP contribution < -0.4 is 21.5 Å². The number of rotatable bonds is 11. The van der Waals surface area contributed by atoms with Crippen LogP contribution in [-0.4, -0.2) is 36.1 Å². The van der Waals surface area contributed by atoms with Crippen LogP contribution in [0.4, 0.5) is 4.79 Å². The molecular weight excluding hydrogens is 430 g/mol. The maximum Gasteiger partial charge on any atom is 0.329 e. The zero-order chi connectivity index (χ0) is 23.6. The summed E-state index contributed by atoms with van der Waals surface area (Å²) in [5.41, 5.74) is 8.56. The van der Waals surface area contributed by atoms with Gasteiger partial charge in [0.15, 0.2) is 0 Å². The first kappa shape index (κ1) is 23.1. The molecule has 0 radical (unpaired) electrons. The van der Waals surface area contributed by atoms with E-state index in [0.717, 1.165) is 27.8 Å². The molecule has 0 bridgehead atoms. The second-order valence-corrected chi connectivity index (χ2v) is 8.00. The highest BCUT2D eigenvalue weighted by atomic mass is 16.3. The Balaban J connectivity index is 1.34. The van der Waals surface area contributed by atoms with Crippen molar-refractivity contribution in [3.63, 3.8) is 0 Å². The lowest BCUT2D eigenvalue weighted by Crippen LogP contribution is -2.54. The highest BCUT2D eigenvalue weighted by Gasteiger charge is 2.22. The number of hydrazine groups is 1. The van der Waals surface area contributed by atoms with Crippen molar-refractivity contribution in [1.82, 2.24) is 26.5 Å². The summed E-state index contributed by atoms with van der Waals surface area (Å²) in [6.07, 6.45) is 5.21. The number of aromatic amines is 1. The van der Waals surface area contributed by atoms with Crippen molar-refractivity contribution in [3.8, 4) is 0 Å². The number of carbonyl (C=O) groups excluding carboxylic acids is 2. The summed E-state index contributed by atoms with van der Waals surface area (Å²) in [4.78, 5) is 28.8. The molecule has 2 aromatic carbocycles. The number of carbonyl (C=O) groups is 2. The Bertz CT molecular complexity index is 1190. The minimum atomic E-state index is -0.734. The van der Waals surface area contributed by atoms with Crippen molar-refractivity contribution < 1.29 is 14.0 Å². The molecule has 0 unspecified atom stereocenters. The van der Waals surface area contributed by atoms with Gasteiger partial charge in [0.1, 0.15) is 11.8 Å². The molecule has 0 saturated carbocycles. The molecule has 0 spiro atoms. The number of nitrogens with one attached hydrogen (secondary N) is 5. The fourth-order valence-corrected chi connectivity index (χ4v) is 3.81. The van der Waals surface area contributed by atoms with Crippen molar-refractivity contribution in [3.05, 3.63) is 96.1 Å². The Morgan fingerprint density at radius 3 is 2.56 bits per heavy atom. The molecule has 34 heavy (non-hydrogen) atoms. The van der Waals surface area contributed by atoms with Crippen molar-refractivity contribution >= 4 is 22.8 Å². The lowest BCUT2D eigenvalue weighted by atomic mass is 10.0. The number of amides is 3. The molecule has 4 rings (SSSR count). The Hall–Kier alpha value is -4.04. The highest BCUT2D eigenvalue weighted by Crippen LogP contribution is 2.19. The molecule has 8 nitrogen and oxygen atoms in total. The van der Waals surface area contributed by atoms with Crippen LogP contribution in [-0.2, 0) is 24.1 Å². The monoisotopic (exact) mass is 459 g/mol. The van der Waals surface area contributed by atoms with E-state index < -0.39 is 12.1 Å². The molecule has 0 saturated heterocycles. The van der Waals surface area contributed by atoms with Gasteiger partial charge in [0.25, 0.3) is 0 Å². The number of hydrogen-bond donors (Lipinski definition) is 5. The summed E-state index contributed by atoms with van der Waals surface area (Å²) in [5.74, 6) is 0.594. The first-order valence-electron chi connectivity index (χ1n) is 11.4. The zero-order valence-electron chi connectivity index (χ0n) is 18.8. The van der Waals surface area contributed by atoms with Gasteiger partial charge in [-0.25, -0.2) is 10.2 Å². The van der Waals surface area contributed by atoms with E-state index in [0.29, 0.717) is 32.4 Å². The van der Waals surface area contributed by atoms with Gasteiger partial charge < -0.3 is 20.0 Å². The number of benzene rings is 2. The minimum Gasteiger partial charge on any atom is -0.469 e. The van der Waals surface area contributed by atoms with Gasteiger partial charge in [0, 0.05) is 43.0 Å². The molecular formula is C26H29N5O3. The first-order chi connectivity index (χ1) is 16.7. The Labute approximate surface area is 198 Å². The SMILES string of the molecule is O=C(NNCCc1ccco1)N[C@H](Cc1c[nH]c2ccccc12)C(=O)NCCc1ccccc1. The molecule has 3 amide bonds. The molecule has 4 aromatic rings. The van der Waals surface area contributed by atoms with Gasteiger partial charge in [-0.05, 0) is 35.7 Å². The lowest BCUT2D eigenvalue weighted by Gasteiger charge is -2.19.